The Hall–Kier alpha value is -1.85. The summed E-state index contributed by atoms with van der Waals surface area (Å²) in [5, 5.41) is 12.8. The molecule has 0 saturated heterocycles. The zero-order valence-electron chi connectivity index (χ0n) is 10.5. The Morgan fingerprint density at radius 2 is 2.12 bits per heavy atom. The van der Waals surface area contributed by atoms with Crippen molar-refractivity contribution in [3.63, 3.8) is 0 Å². The van der Waals surface area contributed by atoms with Gasteiger partial charge >= 0.3 is 5.97 Å². The number of amides is 1. The average Bonchev–Trinajstić information content (AvgIpc) is 2.54. The van der Waals surface area contributed by atoms with Crippen molar-refractivity contribution in [2.75, 3.05) is 6.54 Å². The van der Waals surface area contributed by atoms with Gasteiger partial charge in [0.25, 0.3) is 5.91 Å². The Labute approximate surface area is 99.8 Å². The van der Waals surface area contributed by atoms with E-state index in [1.165, 1.54) is 4.90 Å². The summed E-state index contributed by atoms with van der Waals surface area (Å²) in [6.07, 6.45) is 0. The van der Waals surface area contributed by atoms with Crippen LogP contribution in [0.2, 0.25) is 0 Å². The van der Waals surface area contributed by atoms with Crippen LogP contribution in [0.1, 0.15) is 30.0 Å². The molecule has 1 heterocycles. The van der Waals surface area contributed by atoms with Crippen molar-refractivity contribution in [3.05, 3.63) is 17.5 Å². The SMILES string of the molecule is Cc1cc(C(=O)N(CC(=O)O)C(C)C)nn1C. The Bertz CT molecular complexity index is 418. The largest absolute Gasteiger partial charge is 0.480 e. The van der Waals surface area contributed by atoms with Gasteiger partial charge in [-0.3, -0.25) is 14.3 Å². The number of rotatable bonds is 4. The lowest BCUT2D eigenvalue weighted by atomic mass is 10.2. The molecule has 6 heteroatoms. The van der Waals surface area contributed by atoms with Gasteiger partial charge in [0.05, 0.1) is 0 Å². The van der Waals surface area contributed by atoms with Crippen LogP contribution in [0.25, 0.3) is 0 Å². The molecule has 0 spiro atoms. The van der Waals surface area contributed by atoms with Gasteiger partial charge in [-0.05, 0) is 26.8 Å². The molecule has 17 heavy (non-hydrogen) atoms. The zero-order valence-corrected chi connectivity index (χ0v) is 10.5. The van der Waals surface area contributed by atoms with Crippen molar-refractivity contribution in [2.45, 2.75) is 26.8 Å². The summed E-state index contributed by atoms with van der Waals surface area (Å²) in [5.74, 6) is -1.38. The molecule has 0 aliphatic carbocycles. The molecule has 0 aromatic carbocycles. The third-order valence-corrected chi connectivity index (χ3v) is 2.52. The van der Waals surface area contributed by atoms with Gasteiger partial charge in [-0.2, -0.15) is 5.10 Å². The predicted molar refractivity (Wildman–Crippen MR) is 61.8 cm³/mol. The molecule has 0 aliphatic rings. The monoisotopic (exact) mass is 239 g/mol. The Kier molecular flexibility index (Phi) is 3.88. The molecule has 6 nitrogen and oxygen atoms in total. The van der Waals surface area contributed by atoms with E-state index in [0.717, 1.165) is 5.69 Å². The Balaban J connectivity index is 2.95. The second kappa shape index (κ2) is 4.99. The minimum atomic E-state index is -1.03. The maximum absolute atomic E-state index is 12.1. The number of carbonyl (C=O) groups is 2. The first-order valence-electron chi connectivity index (χ1n) is 5.36. The molecular formula is C11H17N3O3. The highest BCUT2D eigenvalue weighted by atomic mass is 16.4. The summed E-state index contributed by atoms with van der Waals surface area (Å²) in [7, 11) is 1.74. The van der Waals surface area contributed by atoms with Gasteiger partial charge in [-0.15, -0.1) is 0 Å². The summed E-state index contributed by atoms with van der Waals surface area (Å²) in [5.41, 5.74) is 1.13. The van der Waals surface area contributed by atoms with Crippen molar-refractivity contribution in [1.29, 1.82) is 0 Å². The fourth-order valence-corrected chi connectivity index (χ4v) is 1.45. The van der Waals surface area contributed by atoms with Crippen LogP contribution in [0.4, 0.5) is 0 Å². The zero-order chi connectivity index (χ0) is 13.2. The Morgan fingerprint density at radius 3 is 2.47 bits per heavy atom. The molecular weight excluding hydrogens is 222 g/mol. The standard InChI is InChI=1S/C11H17N3O3/c1-7(2)14(6-10(15)16)11(17)9-5-8(3)13(4)12-9/h5,7H,6H2,1-4H3,(H,15,16). The van der Waals surface area contributed by atoms with E-state index in [0.29, 0.717) is 0 Å². The highest BCUT2D eigenvalue weighted by Gasteiger charge is 2.23. The van der Waals surface area contributed by atoms with E-state index in [4.69, 9.17) is 5.11 Å². The van der Waals surface area contributed by atoms with E-state index in [1.807, 2.05) is 6.92 Å². The number of aryl methyl sites for hydroxylation is 2. The first-order chi connectivity index (χ1) is 7.82. The van der Waals surface area contributed by atoms with Crippen LogP contribution in [0.15, 0.2) is 6.07 Å². The maximum atomic E-state index is 12.1. The fourth-order valence-electron chi connectivity index (χ4n) is 1.45. The molecule has 0 atom stereocenters. The molecule has 0 fully saturated rings. The van der Waals surface area contributed by atoms with E-state index in [9.17, 15) is 9.59 Å². The molecule has 0 aliphatic heterocycles. The lowest BCUT2D eigenvalue weighted by Crippen LogP contribution is -2.40. The van der Waals surface area contributed by atoms with Gasteiger partial charge in [-0.1, -0.05) is 0 Å². The number of carboxylic acid groups (broad SMARTS) is 1. The number of aromatic nitrogens is 2. The van der Waals surface area contributed by atoms with Crippen molar-refractivity contribution >= 4 is 11.9 Å². The number of nitrogens with zero attached hydrogens (tertiary/aromatic N) is 3. The number of aliphatic carboxylic acids is 1. The molecule has 0 saturated carbocycles. The second-order valence-electron chi connectivity index (χ2n) is 4.22. The molecule has 1 N–H and O–H groups in total. The minimum absolute atomic E-state index is 0.180. The van der Waals surface area contributed by atoms with Crippen LogP contribution in [-0.4, -0.2) is 44.3 Å². The Morgan fingerprint density at radius 1 is 1.53 bits per heavy atom. The predicted octanol–water partition coefficient (Wildman–Crippen LogP) is 0.664. The van der Waals surface area contributed by atoms with E-state index in [2.05, 4.69) is 5.10 Å². The van der Waals surface area contributed by atoms with Gasteiger partial charge in [0.15, 0.2) is 5.69 Å². The van der Waals surface area contributed by atoms with Crippen molar-refractivity contribution < 1.29 is 14.7 Å². The third kappa shape index (κ3) is 3.05. The molecule has 94 valence electrons. The normalized spacial score (nSPS) is 10.6. The first kappa shape index (κ1) is 13.2. The molecule has 0 bridgehead atoms. The van der Waals surface area contributed by atoms with Gasteiger partial charge < -0.3 is 10.0 Å². The second-order valence-corrected chi connectivity index (χ2v) is 4.22. The number of carboxylic acids is 1. The van der Waals surface area contributed by atoms with Crippen LogP contribution >= 0.6 is 0 Å². The van der Waals surface area contributed by atoms with Crippen molar-refractivity contribution in [3.8, 4) is 0 Å². The average molecular weight is 239 g/mol. The molecule has 1 aromatic heterocycles. The molecule has 1 amide bonds. The van der Waals surface area contributed by atoms with E-state index < -0.39 is 5.97 Å². The quantitative estimate of drug-likeness (QED) is 0.837. The lowest BCUT2D eigenvalue weighted by Gasteiger charge is -2.23. The third-order valence-electron chi connectivity index (χ3n) is 2.52. The minimum Gasteiger partial charge on any atom is -0.480 e. The molecule has 1 rings (SSSR count). The van der Waals surface area contributed by atoms with Gasteiger partial charge in [-0.25, -0.2) is 0 Å². The summed E-state index contributed by atoms with van der Waals surface area (Å²) in [6.45, 7) is 5.07. The summed E-state index contributed by atoms with van der Waals surface area (Å²) in [4.78, 5) is 24.1. The van der Waals surface area contributed by atoms with Gasteiger partial charge in [0.2, 0.25) is 0 Å². The van der Waals surface area contributed by atoms with Crippen LogP contribution in [0.3, 0.4) is 0 Å². The van der Waals surface area contributed by atoms with E-state index >= 15 is 0 Å². The van der Waals surface area contributed by atoms with E-state index in [-0.39, 0.29) is 24.2 Å². The van der Waals surface area contributed by atoms with Crippen LogP contribution in [-0.2, 0) is 11.8 Å². The highest BCUT2D eigenvalue weighted by Crippen LogP contribution is 2.08. The van der Waals surface area contributed by atoms with Gasteiger partial charge in [0.1, 0.15) is 6.54 Å². The lowest BCUT2D eigenvalue weighted by molar-refractivity contribution is -0.138. The van der Waals surface area contributed by atoms with E-state index in [1.54, 1.807) is 31.6 Å². The maximum Gasteiger partial charge on any atom is 0.323 e. The van der Waals surface area contributed by atoms with Crippen LogP contribution in [0.5, 0.6) is 0 Å². The van der Waals surface area contributed by atoms with Crippen LogP contribution < -0.4 is 0 Å². The van der Waals surface area contributed by atoms with Crippen molar-refractivity contribution in [2.24, 2.45) is 7.05 Å². The van der Waals surface area contributed by atoms with Crippen molar-refractivity contribution in [1.82, 2.24) is 14.7 Å². The molecule has 0 radical (unpaired) electrons. The topological polar surface area (TPSA) is 75.4 Å². The summed E-state index contributed by atoms with van der Waals surface area (Å²) in [6, 6.07) is 1.47. The summed E-state index contributed by atoms with van der Waals surface area (Å²) < 4.78 is 1.59. The smallest absolute Gasteiger partial charge is 0.323 e. The number of hydrogen-bond acceptors (Lipinski definition) is 3. The number of hydrogen-bond donors (Lipinski definition) is 1. The summed E-state index contributed by atoms with van der Waals surface area (Å²) >= 11 is 0. The number of carbonyl (C=O) groups excluding carboxylic acids is 1. The molecule has 0 unspecified atom stereocenters. The van der Waals surface area contributed by atoms with Crippen LogP contribution in [0, 0.1) is 6.92 Å². The molecule has 1 aromatic rings. The highest BCUT2D eigenvalue weighted by molar-refractivity contribution is 5.94. The fraction of sp³-hybridized carbons (Fsp3) is 0.545. The first-order valence-corrected chi connectivity index (χ1v) is 5.36. The van der Waals surface area contributed by atoms with Gasteiger partial charge in [0, 0.05) is 18.8 Å².